The van der Waals surface area contributed by atoms with Gasteiger partial charge in [0.15, 0.2) is 0 Å². The summed E-state index contributed by atoms with van der Waals surface area (Å²) in [4.78, 5) is 30.7. The van der Waals surface area contributed by atoms with Crippen LogP contribution in [0.25, 0.3) is 11.5 Å². The average molecular weight is 482 g/mol. The number of fused-ring (bicyclic) bond motifs is 1. The molecule has 0 aliphatic heterocycles. The summed E-state index contributed by atoms with van der Waals surface area (Å²) in [6.45, 7) is 0. The molecule has 0 radical (unpaired) electrons. The highest BCUT2D eigenvalue weighted by Crippen LogP contribution is 2.20. The van der Waals surface area contributed by atoms with Crippen molar-refractivity contribution in [1.82, 2.24) is 24.4 Å². The molecular formula is C22H13Cl2N5O2S. The number of rotatable bonds is 5. The molecule has 0 unspecified atom stereocenters. The van der Waals surface area contributed by atoms with E-state index in [0.29, 0.717) is 20.6 Å². The molecule has 10 heteroatoms. The van der Waals surface area contributed by atoms with Crippen molar-refractivity contribution in [2.75, 3.05) is 0 Å². The van der Waals surface area contributed by atoms with Crippen molar-refractivity contribution in [2.24, 2.45) is 0 Å². The van der Waals surface area contributed by atoms with Gasteiger partial charge in [-0.3, -0.25) is 9.59 Å². The van der Waals surface area contributed by atoms with E-state index in [2.05, 4.69) is 15.2 Å². The Morgan fingerprint density at radius 1 is 0.969 bits per heavy atom. The maximum atomic E-state index is 13.2. The lowest BCUT2D eigenvalue weighted by Crippen LogP contribution is -2.21. The van der Waals surface area contributed by atoms with Crippen LogP contribution in [-0.2, 0) is 6.42 Å². The Morgan fingerprint density at radius 3 is 2.50 bits per heavy atom. The van der Waals surface area contributed by atoms with Crippen LogP contribution in [0.4, 0.5) is 0 Å². The summed E-state index contributed by atoms with van der Waals surface area (Å²) in [6.07, 6.45) is 0.237. The predicted molar refractivity (Wildman–Crippen MR) is 123 cm³/mol. The first kappa shape index (κ1) is 20.6. The van der Waals surface area contributed by atoms with Crippen LogP contribution in [0.1, 0.15) is 26.8 Å². The van der Waals surface area contributed by atoms with Crippen molar-refractivity contribution >= 4 is 46.1 Å². The highest BCUT2D eigenvalue weighted by molar-refractivity contribution is 7.12. The molecule has 0 spiro atoms. The molecule has 0 saturated carbocycles. The molecule has 5 aromatic rings. The third-order valence-electron chi connectivity index (χ3n) is 4.73. The van der Waals surface area contributed by atoms with Crippen molar-refractivity contribution in [3.05, 3.63) is 108 Å². The molecule has 0 saturated heterocycles. The Hall–Kier alpha value is -3.33. The van der Waals surface area contributed by atoms with Crippen LogP contribution in [0.15, 0.2) is 70.8 Å². The molecule has 3 heterocycles. The molecule has 0 amide bonds. The number of carbonyl (C=O) groups is 1. The standard InChI is InChI=1S/C22H13Cl2N5O2S/c23-14-8-6-13(7-9-14)11-17-21(31)25-22-28(16-4-1-3-15(24)12-16)27-20(29(22)26-17)19(30)18-5-2-10-32-18/h1-10,12H,11H2. The number of halogens is 2. The predicted octanol–water partition coefficient (Wildman–Crippen LogP) is 4.47. The van der Waals surface area contributed by atoms with Crippen LogP contribution in [0, 0.1) is 0 Å². The van der Waals surface area contributed by atoms with E-state index in [9.17, 15) is 9.59 Å². The molecule has 32 heavy (non-hydrogen) atoms. The topological polar surface area (TPSA) is 82.1 Å². The van der Waals surface area contributed by atoms with Crippen molar-refractivity contribution in [1.29, 1.82) is 0 Å². The summed E-state index contributed by atoms with van der Waals surface area (Å²) in [6, 6.07) is 17.5. The lowest BCUT2D eigenvalue weighted by molar-refractivity contribution is 0.103. The summed E-state index contributed by atoms with van der Waals surface area (Å²) >= 11 is 13.4. The monoisotopic (exact) mass is 481 g/mol. The van der Waals surface area contributed by atoms with Gasteiger partial charge in [-0.1, -0.05) is 47.5 Å². The Balaban J connectivity index is 1.70. The fourth-order valence-corrected chi connectivity index (χ4v) is 4.19. The number of aromatic nitrogens is 5. The van der Waals surface area contributed by atoms with Gasteiger partial charge in [-0.05, 0) is 47.3 Å². The van der Waals surface area contributed by atoms with Crippen LogP contribution in [0.5, 0.6) is 0 Å². The molecule has 0 atom stereocenters. The molecule has 0 bridgehead atoms. The van der Waals surface area contributed by atoms with Crippen molar-refractivity contribution in [3.8, 4) is 5.69 Å². The normalized spacial score (nSPS) is 11.2. The van der Waals surface area contributed by atoms with Crippen LogP contribution >= 0.6 is 34.5 Å². The number of ketones is 1. The summed E-state index contributed by atoms with van der Waals surface area (Å²) in [5.41, 5.74) is 1.09. The minimum Gasteiger partial charge on any atom is -0.284 e. The van der Waals surface area contributed by atoms with Crippen molar-refractivity contribution in [3.63, 3.8) is 0 Å². The number of nitrogens with zero attached hydrogens (tertiary/aromatic N) is 5. The van der Waals surface area contributed by atoms with Crippen LogP contribution in [0.3, 0.4) is 0 Å². The van der Waals surface area contributed by atoms with E-state index in [1.807, 2.05) is 12.1 Å². The summed E-state index contributed by atoms with van der Waals surface area (Å²) in [5.74, 6) is -0.148. The zero-order chi connectivity index (χ0) is 22.2. The number of hydrogen-bond donors (Lipinski definition) is 0. The van der Waals surface area contributed by atoms with Crippen LogP contribution in [-0.4, -0.2) is 30.2 Å². The number of thiophene rings is 1. The Morgan fingerprint density at radius 2 is 1.78 bits per heavy atom. The quantitative estimate of drug-likeness (QED) is 0.346. The highest BCUT2D eigenvalue weighted by Gasteiger charge is 2.23. The lowest BCUT2D eigenvalue weighted by atomic mass is 10.1. The van der Waals surface area contributed by atoms with Gasteiger partial charge in [-0.25, -0.2) is 0 Å². The molecular weight excluding hydrogens is 469 g/mol. The molecule has 2 aromatic carbocycles. The van der Waals surface area contributed by atoms with E-state index in [0.717, 1.165) is 5.56 Å². The highest BCUT2D eigenvalue weighted by atomic mass is 35.5. The van der Waals surface area contributed by atoms with Crippen LogP contribution in [0.2, 0.25) is 10.0 Å². The molecule has 0 N–H and O–H groups in total. The number of benzene rings is 2. The first-order valence-electron chi connectivity index (χ1n) is 9.47. The molecule has 158 valence electrons. The van der Waals surface area contributed by atoms with Gasteiger partial charge in [-0.2, -0.15) is 19.3 Å². The summed E-state index contributed by atoms with van der Waals surface area (Å²) < 4.78 is 2.71. The SMILES string of the molecule is O=C(c1cccs1)c1nn(-c2cccc(Cl)c2)c2nc(=O)c(Cc3ccc(Cl)cc3)nn12. The smallest absolute Gasteiger partial charge is 0.284 e. The molecule has 0 aliphatic carbocycles. The first-order valence-corrected chi connectivity index (χ1v) is 11.1. The minimum absolute atomic E-state index is 0.0484. The average Bonchev–Trinajstić information content (AvgIpc) is 3.44. The number of hydrogen-bond acceptors (Lipinski definition) is 6. The molecule has 0 fully saturated rings. The second-order valence-electron chi connectivity index (χ2n) is 6.90. The zero-order valence-corrected chi connectivity index (χ0v) is 18.6. The maximum absolute atomic E-state index is 13.2. The molecule has 0 aliphatic rings. The fourth-order valence-electron chi connectivity index (χ4n) is 3.22. The van der Waals surface area contributed by atoms with Gasteiger partial charge in [0.2, 0.25) is 11.6 Å². The maximum Gasteiger partial charge on any atom is 0.296 e. The third kappa shape index (κ3) is 3.84. The van der Waals surface area contributed by atoms with Gasteiger partial charge in [0, 0.05) is 16.5 Å². The molecule has 3 aromatic heterocycles. The van der Waals surface area contributed by atoms with Crippen molar-refractivity contribution in [2.45, 2.75) is 6.42 Å². The van der Waals surface area contributed by atoms with E-state index < -0.39 is 5.56 Å². The zero-order valence-electron chi connectivity index (χ0n) is 16.3. The van der Waals surface area contributed by atoms with E-state index in [4.69, 9.17) is 23.2 Å². The third-order valence-corrected chi connectivity index (χ3v) is 6.08. The van der Waals surface area contributed by atoms with Gasteiger partial charge in [0.25, 0.3) is 11.3 Å². The van der Waals surface area contributed by atoms with E-state index >= 15 is 0 Å². The van der Waals surface area contributed by atoms with Gasteiger partial charge >= 0.3 is 0 Å². The van der Waals surface area contributed by atoms with Crippen molar-refractivity contribution < 1.29 is 4.79 Å². The lowest BCUT2D eigenvalue weighted by Gasteiger charge is -2.04. The fraction of sp³-hybridized carbons (Fsp3) is 0.0455. The summed E-state index contributed by atoms with van der Waals surface area (Å²) in [5, 5.41) is 11.8. The van der Waals surface area contributed by atoms with E-state index in [1.165, 1.54) is 20.5 Å². The molecule has 5 rings (SSSR count). The van der Waals surface area contributed by atoms with E-state index in [-0.39, 0.29) is 29.5 Å². The Kier molecular flexibility index (Phi) is 5.34. The van der Waals surface area contributed by atoms with Gasteiger partial charge in [0.05, 0.1) is 10.6 Å². The second-order valence-corrected chi connectivity index (χ2v) is 8.72. The largest absolute Gasteiger partial charge is 0.296 e. The van der Waals surface area contributed by atoms with E-state index in [1.54, 1.807) is 53.9 Å². The number of carbonyl (C=O) groups excluding carboxylic acids is 1. The Labute approximate surface area is 195 Å². The summed E-state index contributed by atoms with van der Waals surface area (Å²) in [7, 11) is 0. The first-order chi connectivity index (χ1) is 15.5. The van der Waals surface area contributed by atoms with Crippen LogP contribution < -0.4 is 5.56 Å². The van der Waals surface area contributed by atoms with Gasteiger partial charge in [-0.15, -0.1) is 16.4 Å². The second kappa shape index (κ2) is 8.31. The molecule has 7 nitrogen and oxygen atoms in total. The minimum atomic E-state index is -0.502. The van der Waals surface area contributed by atoms with Gasteiger partial charge in [0.1, 0.15) is 5.69 Å². The van der Waals surface area contributed by atoms with Gasteiger partial charge < -0.3 is 0 Å². The Bertz CT molecular complexity index is 1510.